The SMILES string of the molecule is N#Cc1c(N2CCC(c3ncc(SC(F)(F)F)cn3)CC2)nc(NC2(CO)CCC2)c2c1CCS2=O. The molecule has 2 aromatic heterocycles. The van der Waals surface area contributed by atoms with Gasteiger partial charge in [0, 0.05) is 37.2 Å². The lowest BCUT2D eigenvalue weighted by molar-refractivity contribution is -0.0328. The van der Waals surface area contributed by atoms with E-state index < -0.39 is 21.8 Å². The van der Waals surface area contributed by atoms with E-state index in [9.17, 15) is 27.7 Å². The van der Waals surface area contributed by atoms with Crippen LogP contribution in [0.2, 0.25) is 0 Å². The van der Waals surface area contributed by atoms with E-state index in [-0.39, 0.29) is 29.2 Å². The minimum Gasteiger partial charge on any atom is -0.394 e. The molecule has 2 aliphatic heterocycles. The van der Waals surface area contributed by atoms with Crippen LogP contribution < -0.4 is 10.2 Å². The number of piperidine rings is 1. The first-order valence-corrected chi connectivity index (χ1v) is 13.9. The van der Waals surface area contributed by atoms with Crippen molar-refractivity contribution in [3.63, 3.8) is 0 Å². The minimum absolute atomic E-state index is 0.0103. The number of fused-ring (bicyclic) bond motifs is 1. The Morgan fingerprint density at radius 1 is 1.28 bits per heavy atom. The van der Waals surface area contributed by atoms with Gasteiger partial charge in [-0.25, -0.2) is 15.0 Å². The highest BCUT2D eigenvalue weighted by molar-refractivity contribution is 8.00. The number of hydrogen-bond donors (Lipinski definition) is 2. The monoisotopic (exact) mass is 538 g/mol. The molecule has 1 atom stereocenters. The molecule has 1 aliphatic carbocycles. The molecule has 0 bridgehead atoms. The van der Waals surface area contributed by atoms with Gasteiger partial charge in [0.1, 0.15) is 23.5 Å². The number of halogens is 3. The molecule has 2 N–H and O–H groups in total. The van der Waals surface area contributed by atoms with Gasteiger partial charge in [0.2, 0.25) is 0 Å². The summed E-state index contributed by atoms with van der Waals surface area (Å²) in [4.78, 5) is 15.7. The van der Waals surface area contributed by atoms with Crippen LogP contribution in [0.15, 0.2) is 22.2 Å². The van der Waals surface area contributed by atoms with Gasteiger partial charge in [-0.15, -0.1) is 0 Å². The first kappa shape index (κ1) is 25.2. The van der Waals surface area contributed by atoms with Gasteiger partial charge in [-0.05, 0) is 55.9 Å². The van der Waals surface area contributed by atoms with Crippen LogP contribution in [-0.2, 0) is 17.2 Å². The van der Waals surface area contributed by atoms with E-state index in [2.05, 4.69) is 21.4 Å². The fourth-order valence-electron chi connectivity index (χ4n) is 5.07. The minimum atomic E-state index is -4.38. The van der Waals surface area contributed by atoms with Gasteiger partial charge in [0.25, 0.3) is 0 Å². The zero-order valence-electron chi connectivity index (χ0n) is 19.3. The van der Waals surface area contributed by atoms with E-state index in [1.54, 1.807) is 0 Å². The van der Waals surface area contributed by atoms with Crippen molar-refractivity contribution in [2.24, 2.45) is 0 Å². The standard InChI is InChI=1S/C23H25F3N6O2S2/c24-23(25,26)35-15-11-28-19(29-12-15)14-2-7-32(8-3-14)21-17(10-27)16-4-9-36(34)18(16)20(30-21)31-22(13-33)5-1-6-22/h11-12,14,33H,1-9,13H2,(H,30,31). The molecule has 2 fully saturated rings. The fourth-order valence-corrected chi connectivity index (χ4v) is 6.93. The summed E-state index contributed by atoms with van der Waals surface area (Å²) < 4.78 is 50.5. The molecule has 13 heteroatoms. The number of hydrogen-bond acceptors (Lipinski definition) is 9. The molecule has 1 saturated carbocycles. The number of aliphatic hydroxyl groups is 1. The van der Waals surface area contributed by atoms with E-state index in [0.717, 1.165) is 24.8 Å². The van der Waals surface area contributed by atoms with Gasteiger partial charge in [-0.3, -0.25) is 4.21 Å². The third-order valence-electron chi connectivity index (χ3n) is 7.15. The molecule has 2 aromatic rings. The van der Waals surface area contributed by atoms with Crippen molar-refractivity contribution in [2.45, 2.75) is 65.3 Å². The van der Waals surface area contributed by atoms with Gasteiger partial charge >= 0.3 is 5.51 Å². The van der Waals surface area contributed by atoms with Gasteiger partial charge in [-0.1, -0.05) is 0 Å². The van der Waals surface area contributed by atoms with Crippen molar-refractivity contribution >= 4 is 34.2 Å². The summed E-state index contributed by atoms with van der Waals surface area (Å²) in [6.07, 6.45) is 6.86. The lowest BCUT2D eigenvalue weighted by Gasteiger charge is -2.42. The second-order valence-corrected chi connectivity index (χ2v) is 12.0. The van der Waals surface area contributed by atoms with Crippen LogP contribution in [0.25, 0.3) is 0 Å². The third-order valence-corrected chi connectivity index (χ3v) is 9.30. The zero-order valence-corrected chi connectivity index (χ0v) is 21.0. The summed E-state index contributed by atoms with van der Waals surface area (Å²) >= 11 is -0.235. The smallest absolute Gasteiger partial charge is 0.394 e. The molecule has 0 radical (unpaired) electrons. The van der Waals surface area contributed by atoms with Crippen molar-refractivity contribution < 1.29 is 22.5 Å². The van der Waals surface area contributed by atoms with E-state index in [1.807, 2.05) is 4.90 Å². The van der Waals surface area contributed by atoms with Crippen LogP contribution in [0.3, 0.4) is 0 Å². The third kappa shape index (κ3) is 4.90. The molecule has 1 unspecified atom stereocenters. The number of aliphatic hydroxyl groups excluding tert-OH is 1. The Labute approximate surface area is 213 Å². The first-order valence-electron chi connectivity index (χ1n) is 11.8. The number of nitrogens with zero attached hydrogens (tertiary/aromatic N) is 5. The molecular formula is C23H25F3N6O2S2. The molecule has 192 valence electrons. The number of nitriles is 1. The molecule has 0 aromatic carbocycles. The maximum atomic E-state index is 12.8. The average Bonchev–Trinajstić information content (AvgIpc) is 3.22. The Hall–Kier alpha value is -2.43. The summed E-state index contributed by atoms with van der Waals surface area (Å²) in [6.45, 7) is 1.10. The van der Waals surface area contributed by atoms with Crippen molar-refractivity contribution in [2.75, 3.05) is 35.7 Å². The van der Waals surface area contributed by atoms with Crippen LogP contribution in [0.5, 0.6) is 0 Å². The molecule has 0 spiro atoms. The summed E-state index contributed by atoms with van der Waals surface area (Å²) in [6, 6.07) is 2.28. The summed E-state index contributed by atoms with van der Waals surface area (Å²) in [5.74, 6) is 1.98. The van der Waals surface area contributed by atoms with E-state index >= 15 is 0 Å². The molecule has 5 rings (SSSR count). The van der Waals surface area contributed by atoms with Crippen LogP contribution in [-0.4, -0.2) is 60.8 Å². The molecule has 3 aliphatic rings. The Balaban J connectivity index is 1.36. The topological polar surface area (TPSA) is 115 Å². The predicted octanol–water partition coefficient (Wildman–Crippen LogP) is 3.73. The van der Waals surface area contributed by atoms with Gasteiger partial charge < -0.3 is 15.3 Å². The number of aromatic nitrogens is 3. The number of alkyl halides is 3. The number of pyridine rings is 1. The highest BCUT2D eigenvalue weighted by Gasteiger charge is 2.40. The highest BCUT2D eigenvalue weighted by Crippen LogP contribution is 2.42. The van der Waals surface area contributed by atoms with E-state index in [0.29, 0.717) is 66.0 Å². The average molecular weight is 539 g/mol. The largest absolute Gasteiger partial charge is 0.446 e. The number of nitrogens with one attached hydrogen (secondary N) is 1. The second kappa shape index (κ2) is 9.79. The van der Waals surface area contributed by atoms with E-state index in [1.165, 1.54) is 12.4 Å². The molecule has 36 heavy (non-hydrogen) atoms. The van der Waals surface area contributed by atoms with Gasteiger partial charge in [0.05, 0.1) is 38.3 Å². The van der Waals surface area contributed by atoms with Crippen molar-refractivity contribution in [3.05, 3.63) is 29.3 Å². The Morgan fingerprint density at radius 3 is 2.53 bits per heavy atom. The van der Waals surface area contributed by atoms with Crippen molar-refractivity contribution in [3.8, 4) is 6.07 Å². The predicted molar refractivity (Wildman–Crippen MR) is 129 cm³/mol. The fraction of sp³-hybridized carbons (Fsp3) is 0.565. The van der Waals surface area contributed by atoms with Gasteiger partial charge in [0.15, 0.2) is 0 Å². The molecular weight excluding hydrogens is 513 g/mol. The Kier molecular flexibility index (Phi) is 6.86. The summed E-state index contributed by atoms with van der Waals surface area (Å²) in [5.41, 5.74) is -3.65. The normalized spacial score (nSPS) is 21.5. The van der Waals surface area contributed by atoms with Crippen LogP contribution in [0, 0.1) is 11.3 Å². The number of rotatable bonds is 6. The number of anilines is 2. The lowest BCUT2D eigenvalue weighted by atomic mass is 9.77. The first-order chi connectivity index (χ1) is 17.2. The maximum absolute atomic E-state index is 12.8. The molecule has 8 nitrogen and oxygen atoms in total. The number of thioether (sulfide) groups is 1. The zero-order chi connectivity index (χ0) is 25.5. The molecule has 4 heterocycles. The lowest BCUT2D eigenvalue weighted by Crippen LogP contribution is -2.48. The van der Waals surface area contributed by atoms with Crippen molar-refractivity contribution in [1.82, 2.24) is 15.0 Å². The highest BCUT2D eigenvalue weighted by atomic mass is 32.2. The second-order valence-electron chi connectivity index (χ2n) is 9.38. The van der Waals surface area contributed by atoms with E-state index in [4.69, 9.17) is 4.98 Å². The molecule has 0 amide bonds. The molecule has 1 saturated heterocycles. The van der Waals surface area contributed by atoms with Crippen LogP contribution in [0.1, 0.15) is 55.0 Å². The van der Waals surface area contributed by atoms with Crippen LogP contribution >= 0.6 is 11.8 Å². The van der Waals surface area contributed by atoms with Crippen molar-refractivity contribution in [1.29, 1.82) is 5.26 Å². The summed E-state index contributed by atoms with van der Waals surface area (Å²) in [5, 5.41) is 23.3. The Bertz CT molecular complexity index is 1200. The van der Waals surface area contributed by atoms with Gasteiger partial charge in [-0.2, -0.15) is 18.4 Å². The quantitative estimate of drug-likeness (QED) is 0.531. The van der Waals surface area contributed by atoms with Crippen LogP contribution in [0.4, 0.5) is 24.8 Å². The summed E-state index contributed by atoms with van der Waals surface area (Å²) in [7, 11) is -1.25. The Morgan fingerprint density at radius 2 is 1.97 bits per heavy atom. The maximum Gasteiger partial charge on any atom is 0.446 e.